The summed E-state index contributed by atoms with van der Waals surface area (Å²) in [5.74, 6) is 0. The Balaban J connectivity index is 1.27. The molecule has 10 aromatic carbocycles. The fraction of sp³-hybridized carbons (Fsp3) is 0.0545. The van der Waals surface area contributed by atoms with Crippen molar-refractivity contribution in [2.24, 2.45) is 0 Å². The average Bonchev–Trinajstić information content (AvgIpc) is 3.47. The number of benzene rings is 10. The molecule has 0 unspecified atom stereocenters. The van der Waals surface area contributed by atoms with Crippen LogP contribution in [0.3, 0.4) is 0 Å². The highest BCUT2D eigenvalue weighted by Crippen LogP contribution is 2.52. The highest BCUT2D eigenvalue weighted by atomic mass is 14.4. The van der Waals surface area contributed by atoms with Gasteiger partial charge in [-0.15, -0.1) is 0 Å². The second kappa shape index (κ2) is 12.1. The molecule has 0 atom stereocenters. The summed E-state index contributed by atoms with van der Waals surface area (Å²) in [5.41, 5.74) is 15.4. The highest BCUT2D eigenvalue weighted by Gasteiger charge is 2.35. The summed E-state index contributed by atoms with van der Waals surface area (Å²) in [6.07, 6.45) is 0. The van der Waals surface area contributed by atoms with Crippen molar-refractivity contribution in [2.45, 2.75) is 19.3 Å². The number of hydrogen-bond donors (Lipinski definition) is 0. The Bertz CT molecular complexity index is 3160. The standard InChI is InChI=1S/C55H38/c1-55(2)51-26-13-12-22-43(51)44-29-28-40(34-52(44)55)53-45-23-10-11-24-46(45)54(50-32-38-19-7-6-18-37(38)31-48(50)36-15-4-3-5-16-36)47-30-27-39(33-49(47)53)42-25-14-20-35-17-8-9-21-41(35)42/h3-34H,1-2H3. The van der Waals surface area contributed by atoms with E-state index < -0.39 is 0 Å². The van der Waals surface area contributed by atoms with E-state index in [1.54, 1.807) is 0 Å². The van der Waals surface area contributed by atoms with Crippen molar-refractivity contribution in [3.8, 4) is 55.6 Å². The molecule has 0 radical (unpaired) electrons. The summed E-state index contributed by atoms with van der Waals surface area (Å²) < 4.78 is 0. The van der Waals surface area contributed by atoms with Crippen molar-refractivity contribution in [1.29, 1.82) is 0 Å². The SMILES string of the molecule is CC1(C)c2ccccc2-c2ccc(-c3c4ccccc4c(-c4cc5ccccc5cc4-c4ccccc4)c4ccc(-c5cccc6ccccc56)cc34)cc21. The van der Waals surface area contributed by atoms with Crippen molar-refractivity contribution in [2.75, 3.05) is 0 Å². The van der Waals surface area contributed by atoms with Crippen LogP contribution in [0.4, 0.5) is 0 Å². The van der Waals surface area contributed by atoms with E-state index in [4.69, 9.17) is 0 Å². The molecule has 0 bridgehead atoms. The van der Waals surface area contributed by atoms with Crippen LogP contribution >= 0.6 is 0 Å². The molecule has 258 valence electrons. The van der Waals surface area contributed by atoms with E-state index in [2.05, 4.69) is 208 Å². The van der Waals surface area contributed by atoms with E-state index >= 15 is 0 Å². The van der Waals surface area contributed by atoms with E-state index in [1.165, 1.54) is 110 Å². The van der Waals surface area contributed by atoms with Gasteiger partial charge in [0.15, 0.2) is 0 Å². The smallest absolute Gasteiger partial charge is 0.0159 e. The van der Waals surface area contributed by atoms with E-state index in [1.807, 2.05) is 0 Å². The monoisotopic (exact) mass is 698 g/mol. The number of fused-ring (bicyclic) bond motifs is 7. The normalized spacial score (nSPS) is 13.1. The lowest BCUT2D eigenvalue weighted by molar-refractivity contribution is 0.660. The third-order valence-electron chi connectivity index (χ3n) is 12.2. The fourth-order valence-electron chi connectivity index (χ4n) is 9.59. The Morgan fingerprint density at radius 1 is 0.273 bits per heavy atom. The molecule has 0 aromatic heterocycles. The quantitative estimate of drug-likeness (QED) is 0.161. The summed E-state index contributed by atoms with van der Waals surface area (Å²) in [7, 11) is 0. The minimum Gasteiger partial charge on any atom is -0.0622 e. The van der Waals surface area contributed by atoms with Gasteiger partial charge in [-0.3, -0.25) is 0 Å². The first-order chi connectivity index (χ1) is 27.0. The third-order valence-corrected chi connectivity index (χ3v) is 12.2. The first-order valence-electron chi connectivity index (χ1n) is 19.3. The second-order valence-electron chi connectivity index (χ2n) is 15.6. The molecule has 0 N–H and O–H groups in total. The molecule has 1 aliphatic rings. The van der Waals surface area contributed by atoms with Gasteiger partial charge in [0.25, 0.3) is 0 Å². The van der Waals surface area contributed by atoms with Crippen molar-refractivity contribution < 1.29 is 0 Å². The Labute approximate surface area is 322 Å². The van der Waals surface area contributed by atoms with Crippen LogP contribution in [0.1, 0.15) is 25.0 Å². The van der Waals surface area contributed by atoms with Gasteiger partial charge in [0.1, 0.15) is 0 Å². The zero-order valence-electron chi connectivity index (χ0n) is 31.0. The van der Waals surface area contributed by atoms with Gasteiger partial charge >= 0.3 is 0 Å². The largest absolute Gasteiger partial charge is 0.0622 e. The lowest BCUT2D eigenvalue weighted by atomic mass is 9.79. The van der Waals surface area contributed by atoms with Gasteiger partial charge in [0.2, 0.25) is 0 Å². The van der Waals surface area contributed by atoms with Crippen LogP contribution in [0, 0.1) is 0 Å². The van der Waals surface area contributed by atoms with Crippen molar-refractivity contribution >= 4 is 43.1 Å². The van der Waals surface area contributed by atoms with E-state index in [9.17, 15) is 0 Å². The summed E-state index contributed by atoms with van der Waals surface area (Å²) in [6, 6.07) is 72.4. The summed E-state index contributed by atoms with van der Waals surface area (Å²) >= 11 is 0. The van der Waals surface area contributed by atoms with Crippen LogP contribution in [-0.2, 0) is 5.41 Å². The molecule has 10 aromatic rings. The lowest BCUT2D eigenvalue weighted by Crippen LogP contribution is -2.14. The average molecular weight is 699 g/mol. The molecule has 0 aliphatic heterocycles. The molecular formula is C55H38. The first kappa shape index (κ1) is 31.7. The van der Waals surface area contributed by atoms with Gasteiger partial charge in [0, 0.05) is 5.41 Å². The van der Waals surface area contributed by atoms with Gasteiger partial charge < -0.3 is 0 Å². The van der Waals surface area contributed by atoms with Gasteiger partial charge in [-0.05, 0) is 134 Å². The zero-order chi connectivity index (χ0) is 36.7. The van der Waals surface area contributed by atoms with Crippen LogP contribution in [-0.4, -0.2) is 0 Å². The molecule has 55 heavy (non-hydrogen) atoms. The minimum atomic E-state index is -0.0999. The molecular weight excluding hydrogens is 661 g/mol. The molecule has 0 heteroatoms. The third kappa shape index (κ3) is 4.85. The summed E-state index contributed by atoms with van der Waals surface area (Å²) in [6.45, 7) is 4.76. The van der Waals surface area contributed by atoms with E-state index in [0.29, 0.717) is 0 Å². The Morgan fingerprint density at radius 2 is 0.836 bits per heavy atom. The zero-order valence-corrected chi connectivity index (χ0v) is 31.0. The first-order valence-corrected chi connectivity index (χ1v) is 19.3. The Hall–Kier alpha value is -6.76. The Morgan fingerprint density at radius 3 is 1.64 bits per heavy atom. The molecule has 0 nitrogen and oxygen atoms in total. The molecule has 0 spiro atoms. The topological polar surface area (TPSA) is 0 Å². The lowest BCUT2D eigenvalue weighted by Gasteiger charge is -2.24. The number of rotatable bonds is 4. The van der Waals surface area contributed by atoms with Crippen LogP contribution < -0.4 is 0 Å². The molecule has 0 amide bonds. The van der Waals surface area contributed by atoms with Crippen LogP contribution in [0.15, 0.2) is 194 Å². The fourth-order valence-corrected chi connectivity index (χ4v) is 9.59. The van der Waals surface area contributed by atoms with E-state index in [0.717, 1.165) is 0 Å². The highest BCUT2D eigenvalue weighted by molar-refractivity contribution is 6.24. The summed E-state index contributed by atoms with van der Waals surface area (Å²) in [4.78, 5) is 0. The van der Waals surface area contributed by atoms with Gasteiger partial charge in [-0.2, -0.15) is 0 Å². The minimum absolute atomic E-state index is 0.0999. The maximum absolute atomic E-state index is 2.49. The van der Waals surface area contributed by atoms with Crippen molar-refractivity contribution in [3.63, 3.8) is 0 Å². The molecule has 0 heterocycles. The van der Waals surface area contributed by atoms with Crippen LogP contribution in [0.5, 0.6) is 0 Å². The van der Waals surface area contributed by atoms with Crippen LogP contribution in [0.25, 0.3) is 98.7 Å². The van der Waals surface area contributed by atoms with Gasteiger partial charge in [-0.1, -0.05) is 184 Å². The van der Waals surface area contributed by atoms with Crippen molar-refractivity contribution in [1.82, 2.24) is 0 Å². The Kier molecular flexibility index (Phi) is 7.00. The van der Waals surface area contributed by atoms with E-state index in [-0.39, 0.29) is 5.41 Å². The molecule has 1 aliphatic carbocycles. The maximum Gasteiger partial charge on any atom is 0.0159 e. The predicted molar refractivity (Wildman–Crippen MR) is 236 cm³/mol. The van der Waals surface area contributed by atoms with Gasteiger partial charge in [-0.25, -0.2) is 0 Å². The number of hydrogen-bond acceptors (Lipinski definition) is 0. The predicted octanol–water partition coefficient (Wildman–Crippen LogP) is 15.3. The summed E-state index contributed by atoms with van der Waals surface area (Å²) in [5, 5.41) is 10.1. The van der Waals surface area contributed by atoms with Crippen LogP contribution in [0.2, 0.25) is 0 Å². The van der Waals surface area contributed by atoms with Crippen molar-refractivity contribution in [3.05, 3.63) is 205 Å². The maximum atomic E-state index is 2.49. The second-order valence-corrected chi connectivity index (χ2v) is 15.6. The van der Waals surface area contributed by atoms with Gasteiger partial charge in [0.05, 0.1) is 0 Å². The molecule has 0 fully saturated rings. The molecule has 0 saturated carbocycles. The molecule has 0 saturated heterocycles. The molecule has 11 rings (SSSR count).